The summed E-state index contributed by atoms with van der Waals surface area (Å²) >= 11 is 0. The van der Waals surface area contributed by atoms with Crippen LogP contribution >= 0.6 is 7.60 Å². The predicted octanol–water partition coefficient (Wildman–Crippen LogP) is 3.85. The molecular formula is C18H16F3O5P. The SMILES string of the molecule is Cc1ccccc1C(=O)C(C(=O)c1ccccc1C)(C(F)(F)F)P(=O)(O)O. The summed E-state index contributed by atoms with van der Waals surface area (Å²) in [5.41, 5.74) is -1.05. The highest BCUT2D eigenvalue weighted by Crippen LogP contribution is 2.61. The van der Waals surface area contributed by atoms with Gasteiger partial charge in [0.25, 0.3) is 5.16 Å². The number of hydrogen-bond acceptors (Lipinski definition) is 3. The molecule has 0 bridgehead atoms. The number of rotatable bonds is 5. The van der Waals surface area contributed by atoms with Gasteiger partial charge in [0.1, 0.15) is 0 Å². The second kappa shape index (κ2) is 7.03. The van der Waals surface area contributed by atoms with Crippen molar-refractivity contribution in [2.75, 3.05) is 0 Å². The first-order chi connectivity index (χ1) is 12.4. The Balaban J connectivity index is 2.91. The molecule has 0 aliphatic carbocycles. The van der Waals surface area contributed by atoms with Crippen molar-refractivity contribution in [2.24, 2.45) is 0 Å². The van der Waals surface area contributed by atoms with Crippen LogP contribution in [-0.2, 0) is 4.57 Å². The molecule has 0 saturated heterocycles. The number of benzene rings is 2. The highest BCUT2D eigenvalue weighted by Gasteiger charge is 2.75. The molecule has 0 heterocycles. The molecule has 27 heavy (non-hydrogen) atoms. The molecule has 2 rings (SSSR count). The Bertz CT molecular complexity index is 889. The highest BCUT2D eigenvalue weighted by molar-refractivity contribution is 7.56. The van der Waals surface area contributed by atoms with Crippen molar-refractivity contribution in [3.63, 3.8) is 0 Å². The lowest BCUT2D eigenvalue weighted by molar-refractivity contribution is -0.143. The van der Waals surface area contributed by atoms with E-state index in [9.17, 15) is 37.1 Å². The van der Waals surface area contributed by atoms with Crippen LogP contribution in [0, 0.1) is 13.8 Å². The lowest BCUT2D eigenvalue weighted by Crippen LogP contribution is -2.58. The van der Waals surface area contributed by atoms with Crippen molar-refractivity contribution in [3.05, 3.63) is 70.8 Å². The van der Waals surface area contributed by atoms with Gasteiger partial charge in [-0.3, -0.25) is 14.2 Å². The number of carbonyl (C=O) groups is 2. The molecule has 2 N–H and O–H groups in total. The van der Waals surface area contributed by atoms with Crippen LogP contribution in [-0.4, -0.2) is 32.7 Å². The first-order valence-corrected chi connectivity index (χ1v) is 9.30. The Labute approximate surface area is 153 Å². The van der Waals surface area contributed by atoms with Gasteiger partial charge in [0.15, 0.2) is 11.6 Å². The van der Waals surface area contributed by atoms with Crippen LogP contribution in [0.2, 0.25) is 0 Å². The monoisotopic (exact) mass is 400 g/mol. The van der Waals surface area contributed by atoms with Crippen LogP contribution in [0.5, 0.6) is 0 Å². The van der Waals surface area contributed by atoms with Gasteiger partial charge in [-0.1, -0.05) is 48.5 Å². The van der Waals surface area contributed by atoms with Crippen LogP contribution in [0.15, 0.2) is 48.5 Å². The molecule has 0 radical (unpaired) electrons. The third-order valence-electron chi connectivity index (χ3n) is 4.28. The summed E-state index contributed by atoms with van der Waals surface area (Å²) in [6, 6.07) is 10.0. The van der Waals surface area contributed by atoms with Crippen LogP contribution in [0.1, 0.15) is 31.8 Å². The minimum atomic E-state index is -6.34. The maximum absolute atomic E-state index is 14.1. The maximum atomic E-state index is 14.1. The van der Waals surface area contributed by atoms with E-state index in [2.05, 4.69) is 0 Å². The van der Waals surface area contributed by atoms with Crippen molar-refractivity contribution in [1.29, 1.82) is 0 Å². The molecule has 0 aromatic heterocycles. The van der Waals surface area contributed by atoms with Crippen molar-refractivity contribution < 1.29 is 37.1 Å². The summed E-state index contributed by atoms with van der Waals surface area (Å²) in [4.78, 5) is 45.1. The highest BCUT2D eigenvalue weighted by atomic mass is 31.2. The first-order valence-electron chi connectivity index (χ1n) is 7.69. The zero-order valence-electron chi connectivity index (χ0n) is 14.3. The lowest BCUT2D eigenvalue weighted by Gasteiger charge is -2.34. The summed E-state index contributed by atoms with van der Waals surface area (Å²) < 4.78 is 54.3. The number of alkyl halides is 3. The number of carbonyl (C=O) groups excluding carboxylic acids is 2. The van der Waals surface area contributed by atoms with Gasteiger partial charge in [-0.05, 0) is 25.0 Å². The fraction of sp³-hybridized carbons (Fsp3) is 0.222. The number of hydrogen-bond donors (Lipinski definition) is 2. The molecule has 0 unspecified atom stereocenters. The second-order valence-electron chi connectivity index (χ2n) is 6.04. The maximum Gasteiger partial charge on any atom is 0.420 e. The Hall–Kier alpha value is -2.28. The third kappa shape index (κ3) is 3.36. The van der Waals surface area contributed by atoms with E-state index >= 15 is 0 Å². The molecule has 0 spiro atoms. The van der Waals surface area contributed by atoms with E-state index in [1.165, 1.54) is 50.2 Å². The summed E-state index contributed by atoms with van der Waals surface area (Å²) in [5.74, 6) is -3.95. The van der Waals surface area contributed by atoms with Gasteiger partial charge in [0.05, 0.1) is 0 Å². The van der Waals surface area contributed by atoms with E-state index < -0.39 is 41.6 Å². The predicted molar refractivity (Wildman–Crippen MR) is 91.8 cm³/mol. The average molecular weight is 400 g/mol. The van der Waals surface area contributed by atoms with Crippen LogP contribution < -0.4 is 0 Å². The van der Waals surface area contributed by atoms with E-state index in [1.807, 2.05) is 0 Å². The zero-order chi connectivity index (χ0) is 20.6. The molecular weight excluding hydrogens is 384 g/mol. The second-order valence-corrected chi connectivity index (χ2v) is 7.80. The largest absolute Gasteiger partial charge is 0.420 e. The number of aryl methyl sites for hydroxylation is 2. The normalized spacial score (nSPS) is 12.7. The average Bonchev–Trinajstić information content (AvgIpc) is 2.53. The van der Waals surface area contributed by atoms with Crippen molar-refractivity contribution in [1.82, 2.24) is 0 Å². The topological polar surface area (TPSA) is 91.7 Å². The Kier molecular flexibility index (Phi) is 5.48. The van der Waals surface area contributed by atoms with Crippen molar-refractivity contribution >= 4 is 19.2 Å². The third-order valence-corrected chi connectivity index (χ3v) is 5.82. The van der Waals surface area contributed by atoms with Crippen LogP contribution in [0.25, 0.3) is 0 Å². The van der Waals surface area contributed by atoms with E-state index in [-0.39, 0.29) is 11.1 Å². The van der Waals surface area contributed by atoms with Gasteiger partial charge in [-0.25, -0.2) is 0 Å². The number of ketones is 2. The molecule has 2 aromatic rings. The molecule has 0 amide bonds. The van der Waals surface area contributed by atoms with Crippen LogP contribution in [0.4, 0.5) is 13.2 Å². The van der Waals surface area contributed by atoms with Gasteiger partial charge in [-0.2, -0.15) is 13.2 Å². The number of Topliss-reactive ketones (excluding diaryl/α,β-unsaturated/α-hetero) is 2. The van der Waals surface area contributed by atoms with Crippen LogP contribution in [0.3, 0.4) is 0 Å². The molecule has 144 valence electrons. The molecule has 2 aromatic carbocycles. The quantitative estimate of drug-likeness (QED) is 0.452. The summed E-state index contributed by atoms with van der Waals surface area (Å²) in [5, 5.41) is -4.53. The standard InChI is InChI=1S/C18H16F3O5P/c1-11-7-3-5-9-13(11)15(22)17(18(19,20)21,27(24,25)26)16(23)14-10-6-4-8-12(14)2/h3-10H,1-2H3,(H2,24,25,26). The zero-order valence-corrected chi connectivity index (χ0v) is 15.2. The fourth-order valence-electron chi connectivity index (χ4n) is 2.84. The van der Waals surface area contributed by atoms with E-state index in [4.69, 9.17) is 0 Å². The first kappa shape index (κ1) is 21.0. The lowest BCUT2D eigenvalue weighted by atomic mass is 9.85. The Morgan fingerprint density at radius 3 is 1.41 bits per heavy atom. The van der Waals surface area contributed by atoms with Crippen molar-refractivity contribution in [2.45, 2.75) is 25.2 Å². The molecule has 0 aliphatic heterocycles. The van der Waals surface area contributed by atoms with Gasteiger partial charge in [-0.15, -0.1) is 0 Å². The summed E-state index contributed by atoms with van der Waals surface area (Å²) in [7, 11) is -6.34. The molecule has 0 aliphatic rings. The molecule has 0 saturated carbocycles. The van der Waals surface area contributed by atoms with Crippen molar-refractivity contribution in [3.8, 4) is 0 Å². The Morgan fingerprint density at radius 2 is 1.15 bits per heavy atom. The smallest absolute Gasteiger partial charge is 0.323 e. The minimum Gasteiger partial charge on any atom is -0.323 e. The molecule has 0 atom stereocenters. The molecule has 9 heteroatoms. The number of halogens is 3. The van der Waals surface area contributed by atoms with E-state index in [1.54, 1.807) is 0 Å². The van der Waals surface area contributed by atoms with E-state index in [0.29, 0.717) is 0 Å². The molecule has 5 nitrogen and oxygen atoms in total. The Morgan fingerprint density at radius 1 is 0.815 bits per heavy atom. The van der Waals surface area contributed by atoms with Gasteiger partial charge >= 0.3 is 13.8 Å². The van der Waals surface area contributed by atoms with E-state index in [0.717, 1.165) is 12.1 Å². The summed E-state index contributed by atoms with van der Waals surface area (Å²) in [6.45, 7) is 2.62. The minimum absolute atomic E-state index is 0.0576. The van der Waals surface area contributed by atoms with Gasteiger partial charge < -0.3 is 9.79 Å². The summed E-state index contributed by atoms with van der Waals surface area (Å²) in [6.07, 6.45) is -5.83. The fourth-order valence-corrected chi connectivity index (χ4v) is 3.94. The van der Waals surface area contributed by atoms with Gasteiger partial charge in [0.2, 0.25) is 0 Å². The van der Waals surface area contributed by atoms with Gasteiger partial charge in [0, 0.05) is 11.1 Å². The molecule has 0 fully saturated rings.